The lowest BCUT2D eigenvalue weighted by Crippen LogP contribution is -2.44. The van der Waals surface area contributed by atoms with Gasteiger partial charge in [0, 0.05) is 6.07 Å². The maximum atomic E-state index is 12.6. The highest BCUT2D eigenvalue weighted by Crippen LogP contribution is 2.29. The molecule has 0 aromatic heterocycles. The van der Waals surface area contributed by atoms with Gasteiger partial charge in [-0.25, -0.2) is 4.90 Å². The molecule has 1 aromatic carbocycles. The maximum absolute atomic E-state index is 12.6. The third-order valence-electron chi connectivity index (χ3n) is 4.27. The number of amides is 2. The van der Waals surface area contributed by atoms with Gasteiger partial charge in [0.15, 0.2) is 0 Å². The van der Waals surface area contributed by atoms with E-state index in [1.807, 2.05) is 0 Å². The third kappa shape index (κ3) is 2.65. The number of imide groups is 1. The summed E-state index contributed by atoms with van der Waals surface area (Å²) in [6.07, 6.45) is 3.72. The summed E-state index contributed by atoms with van der Waals surface area (Å²) in [4.78, 5) is 28.4. The van der Waals surface area contributed by atoms with Crippen molar-refractivity contribution >= 4 is 17.5 Å². The normalized spacial score (nSPS) is 23.7. The molecule has 1 unspecified atom stereocenters. The number of nitrogens with zero attached hydrogens (tertiary/aromatic N) is 2. The predicted molar refractivity (Wildman–Crippen MR) is 79.3 cm³/mol. The second kappa shape index (κ2) is 5.85. The molecule has 3 rings (SSSR count). The molecule has 21 heavy (non-hydrogen) atoms. The quantitative estimate of drug-likeness (QED) is 0.796. The minimum absolute atomic E-state index is 0.102. The van der Waals surface area contributed by atoms with E-state index in [0.717, 1.165) is 25.9 Å². The lowest BCUT2D eigenvalue weighted by molar-refractivity contribution is -0.123. The number of hydrogen-bond acceptors (Lipinski definition) is 4. The van der Waals surface area contributed by atoms with E-state index in [0.29, 0.717) is 11.4 Å². The minimum Gasteiger partial charge on any atom is -0.497 e. The Bertz CT molecular complexity index is 552. The van der Waals surface area contributed by atoms with Crippen molar-refractivity contribution in [1.82, 2.24) is 4.90 Å². The third-order valence-corrected chi connectivity index (χ3v) is 4.27. The number of benzene rings is 1. The van der Waals surface area contributed by atoms with Crippen LogP contribution in [0.4, 0.5) is 5.69 Å². The molecule has 2 amide bonds. The van der Waals surface area contributed by atoms with E-state index in [9.17, 15) is 9.59 Å². The average molecular weight is 288 g/mol. The fraction of sp³-hybridized carbons (Fsp3) is 0.500. The summed E-state index contributed by atoms with van der Waals surface area (Å²) >= 11 is 0. The number of anilines is 1. The molecule has 2 aliphatic rings. The van der Waals surface area contributed by atoms with Gasteiger partial charge < -0.3 is 4.74 Å². The van der Waals surface area contributed by atoms with Crippen LogP contribution in [0.15, 0.2) is 24.3 Å². The van der Waals surface area contributed by atoms with Crippen LogP contribution in [-0.4, -0.2) is 43.0 Å². The van der Waals surface area contributed by atoms with Crippen molar-refractivity contribution < 1.29 is 14.3 Å². The SMILES string of the molecule is COc1cccc(N2C(=O)CC(N3CCCCC3)C2=O)c1. The smallest absolute Gasteiger partial charge is 0.251 e. The summed E-state index contributed by atoms with van der Waals surface area (Å²) in [6.45, 7) is 1.82. The molecule has 2 saturated heterocycles. The van der Waals surface area contributed by atoms with E-state index in [1.54, 1.807) is 31.4 Å². The van der Waals surface area contributed by atoms with Gasteiger partial charge in [0.25, 0.3) is 5.91 Å². The Balaban J connectivity index is 1.82. The van der Waals surface area contributed by atoms with Crippen LogP contribution in [0.3, 0.4) is 0 Å². The summed E-state index contributed by atoms with van der Waals surface area (Å²) in [5, 5.41) is 0. The van der Waals surface area contributed by atoms with E-state index in [2.05, 4.69) is 4.90 Å². The highest BCUT2D eigenvalue weighted by Gasteiger charge is 2.42. The Labute approximate surface area is 124 Å². The Morgan fingerprint density at radius 2 is 1.90 bits per heavy atom. The minimum atomic E-state index is -0.288. The van der Waals surface area contributed by atoms with E-state index >= 15 is 0 Å². The number of carbonyl (C=O) groups is 2. The van der Waals surface area contributed by atoms with Crippen LogP contribution in [0.2, 0.25) is 0 Å². The van der Waals surface area contributed by atoms with E-state index in [1.165, 1.54) is 11.3 Å². The van der Waals surface area contributed by atoms with Crippen LogP contribution in [0.25, 0.3) is 0 Å². The molecular weight excluding hydrogens is 268 g/mol. The number of methoxy groups -OCH3 is 1. The van der Waals surface area contributed by atoms with Crippen LogP contribution < -0.4 is 9.64 Å². The predicted octanol–water partition coefficient (Wildman–Crippen LogP) is 1.81. The highest BCUT2D eigenvalue weighted by atomic mass is 16.5. The monoisotopic (exact) mass is 288 g/mol. The Morgan fingerprint density at radius 3 is 2.62 bits per heavy atom. The first-order valence-corrected chi connectivity index (χ1v) is 7.45. The van der Waals surface area contributed by atoms with Gasteiger partial charge in [-0.05, 0) is 38.1 Å². The number of rotatable bonds is 3. The summed E-state index contributed by atoms with van der Waals surface area (Å²) in [5.74, 6) is 0.425. The molecule has 0 aliphatic carbocycles. The Morgan fingerprint density at radius 1 is 1.14 bits per heavy atom. The van der Waals surface area contributed by atoms with Crippen molar-refractivity contribution in [2.24, 2.45) is 0 Å². The van der Waals surface area contributed by atoms with Gasteiger partial charge in [-0.1, -0.05) is 12.5 Å². The second-order valence-corrected chi connectivity index (χ2v) is 5.59. The van der Waals surface area contributed by atoms with Gasteiger partial charge >= 0.3 is 0 Å². The molecule has 1 aromatic rings. The van der Waals surface area contributed by atoms with Crippen molar-refractivity contribution in [2.75, 3.05) is 25.1 Å². The second-order valence-electron chi connectivity index (χ2n) is 5.59. The fourth-order valence-corrected chi connectivity index (χ4v) is 3.15. The summed E-state index contributed by atoms with van der Waals surface area (Å²) in [6, 6.07) is 6.81. The maximum Gasteiger partial charge on any atom is 0.251 e. The van der Waals surface area contributed by atoms with Crippen molar-refractivity contribution in [2.45, 2.75) is 31.7 Å². The van der Waals surface area contributed by atoms with Crippen LogP contribution in [0.5, 0.6) is 5.75 Å². The molecule has 1 atom stereocenters. The fourth-order valence-electron chi connectivity index (χ4n) is 3.15. The zero-order chi connectivity index (χ0) is 14.8. The topological polar surface area (TPSA) is 49.9 Å². The lowest BCUT2D eigenvalue weighted by Gasteiger charge is -2.30. The van der Waals surface area contributed by atoms with Crippen molar-refractivity contribution in [3.05, 3.63) is 24.3 Å². The zero-order valence-corrected chi connectivity index (χ0v) is 12.2. The molecule has 0 bridgehead atoms. The van der Waals surface area contributed by atoms with Gasteiger partial charge in [-0.2, -0.15) is 0 Å². The molecule has 112 valence electrons. The van der Waals surface area contributed by atoms with Crippen LogP contribution >= 0.6 is 0 Å². The molecule has 0 radical (unpaired) electrons. The standard InChI is InChI=1S/C16H20N2O3/c1-21-13-7-5-6-12(10-13)18-15(19)11-14(16(18)20)17-8-3-2-4-9-17/h5-7,10,14H,2-4,8-9,11H2,1H3. The molecule has 5 nitrogen and oxygen atoms in total. The first kappa shape index (κ1) is 14.1. The van der Waals surface area contributed by atoms with Crippen molar-refractivity contribution in [3.63, 3.8) is 0 Å². The van der Waals surface area contributed by atoms with Crippen LogP contribution in [0, 0.1) is 0 Å². The van der Waals surface area contributed by atoms with Crippen LogP contribution in [0.1, 0.15) is 25.7 Å². The largest absolute Gasteiger partial charge is 0.497 e. The van der Waals surface area contributed by atoms with Crippen molar-refractivity contribution in [3.8, 4) is 5.75 Å². The number of ether oxygens (including phenoxy) is 1. The lowest BCUT2D eigenvalue weighted by atomic mass is 10.1. The van der Waals surface area contributed by atoms with Crippen LogP contribution in [-0.2, 0) is 9.59 Å². The average Bonchev–Trinajstić information content (AvgIpc) is 2.83. The molecular formula is C16H20N2O3. The highest BCUT2D eigenvalue weighted by molar-refractivity contribution is 6.22. The number of piperidine rings is 1. The first-order valence-electron chi connectivity index (χ1n) is 7.45. The number of carbonyl (C=O) groups excluding carboxylic acids is 2. The molecule has 0 N–H and O–H groups in total. The first-order chi connectivity index (χ1) is 10.2. The number of hydrogen-bond donors (Lipinski definition) is 0. The van der Waals surface area contributed by atoms with Gasteiger partial charge in [-0.15, -0.1) is 0 Å². The van der Waals surface area contributed by atoms with Gasteiger partial charge in [0.1, 0.15) is 5.75 Å². The summed E-state index contributed by atoms with van der Waals surface area (Å²) in [7, 11) is 1.57. The Kier molecular flexibility index (Phi) is 3.92. The number of likely N-dealkylation sites (tertiary alicyclic amines) is 1. The molecule has 2 fully saturated rings. The molecule has 2 heterocycles. The summed E-state index contributed by atoms with van der Waals surface area (Å²) in [5.41, 5.74) is 0.601. The van der Waals surface area contributed by atoms with Gasteiger partial charge in [0.05, 0.1) is 25.3 Å². The van der Waals surface area contributed by atoms with Gasteiger partial charge in [-0.3, -0.25) is 14.5 Å². The van der Waals surface area contributed by atoms with E-state index in [4.69, 9.17) is 4.74 Å². The molecule has 2 aliphatic heterocycles. The van der Waals surface area contributed by atoms with Gasteiger partial charge in [0.2, 0.25) is 5.91 Å². The van der Waals surface area contributed by atoms with E-state index < -0.39 is 0 Å². The molecule has 0 spiro atoms. The molecule has 0 saturated carbocycles. The molecule has 5 heteroatoms. The zero-order valence-electron chi connectivity index (χ0n) is 12.2. The van der Waals surface area contributed by atoms with E-state index in [-0.39, 0.29) is 24.3 Å². The summed E-state index contributed by atoms with van der Waals surface area (Å²) < 4.78 is 5.17. The van der Waals surface area contributed by atoms with Crippen molar-refractivity contribution in [1.29, 1.82) is 0 Å². The Hall–Kier alpha value is -1.88.